The fraction of sp³-hybridized carbons (Fsp3) is 0.476. The summed E-state index contributed by atoms with van der Waals surface area (Å²) in [6, 6.07) is 11.2. The Morgan fingerprint density at radius 2 is 1.89 bits per heavy atom. The Morgan fingerprint density at radius 1 is 1.19 bits per heavy atom. The lowest BCUT2D eigenvalue weighted by molar-refractivity contribution is -0.122. The topological polar surface area (TPSA) is 35.6 Å². The third-order valence-corrected chi connectivity index (χ3v) is 6.02. The molecule has 1 saturated heterocycles. The maximum absolute atomic E-state index is 13.2. The molecule has 2 atom stereocenters. The summed E-state index contributed by atoms with van der Waals surface area (Å²) in [4.78, 5) is 18.2. The third-order valence-electron chi connectivity index (χ3n) is 5.07. The molecule has 2 aromatic rings. The monoisotopic (exact) mass is 389 g/mol. The molecule has 1 aliphatic heterocycles. The van der Waals surface area contributed by atoms with Gasteiger partial charge < -0.3 is 10.2 Å². The van der Waals surface area contributed by atoms with Crippen molar-refractivity contribution in [3.63, 3.8) is 0 Å². The third kappa shape index (κ3) is 5.08. The molecule has 0 unspecified atom stereocenters. The minimum Gasteiger partial charge on any atom is -0.369 e. The minimum absolute atomic E-state index is 0.0556. The van der Waals surface area contributed by atoms with Crippen molar-refractivity contribution in [3.05, 3.63) is 52.5 Å². The van der Waals surface area contributed by atoms with Crippen LogP contribution in [-0.2, 0) is 4.79 Å². The number of carbonyl (C=O) groups excluding carboxylic acids is 1. The van der Waals surface area contributed by atoms with E-state index in [-0.39, 0.29) is 23.8 Å². The number of hydrogen-bond donors (Lipinski definition) is 1. The summed E-state index contributed by atoms with van der Waals surface area (Å²) < 4.78 is 13.2. The van der Waals surface area contributed by atoms with Crippen LogP contribution in [0.5, 0.6) is 0 Å². The van der Waals surface area contributed by atoms with Crippen LogP contribution < -0.4 is 10.2 Å². The number of amides is 1. The van der Waals surface area contributed by atoms with E-state index in [4.69, 9.17) is 0 Å². The van der Waals surface area contributed by atoms with Gasteiger partial charge in [0.05, 0.1) is 6.04 Å². The molecule has 146 valence electrons. The minimum atomic E-state index is -0.202. The van der Waals surface area contributed by atoms with Gasteiger partial charge in [-0.2, -0.15) is 0 Å². The molecule has 1 aromatic carbocycles. The molecule has 1 aromatic heterocycles. The molecule has 0 aliphatic carbocycles. The Hall–Kier alpha value is -1.92. The van der Waals surface area contributed by atoms with Gasteiger partial charge in [-0.25, -0.2) is 4.39 Å². The lowest BCUT2D eigenvalue weighted by atomic mass is 10.0. The van der Waals surface area contributed by atoms with Gasteiger partial charge in [0.1, 0.15) is 5.82 Å². The first-order valence-electron chi connectivity index (χ1n) is 9.66. The average molecular weight is 390 g/mol. The van der Waals surface area contributed by atoms with Crippen molar-refractivity contribution in [2.75, 3.05) is 31.1 Å². The van der Waals surface area contributed by atoms with Crippen LogP contribution in [0.4, 0.5) is 10.1 Å². The van der Waals surface area contributed by atoms with E-state index in [1.807, 2.05) is 19.1 Å². The van der Waals surface area contributed by atoms with Gasteiger partial charge in [0.15, 0.2) is 0 Å². The second-order valence-electron chi connectivity index (χ2n) is 7.07. The van der Waals surface area contributed by atoms with Crippen LogP contribution in [0.25, 0.3) is 0 Å². The maximum Gasteiger partial charge on any atom is 0.220 e. The number of anilines is 1. The molecule has 27 heavy (non-hydrogen) atoms. The first-order chi connectivity index (χ1) is 13.1. The van der Waals surface area contributed by atoms with E-state index < -0.39 is 0 Å². The number of thiophene rings is 1. The zero-order chi connectivity index (χ0) is 19.2. The number of hydrogen-bond acceptors (Lipinski definition) is 4. The van der Waals surface area contributed by atoms with E-state index in [1.165, 1.54) is 17.0 Å². The summed E-state index contributed by atoms with van der Waals surface area (Å²) in [5.41, 5.74) is 1.06. The zero-order valence-corrected chi connectivity index (χ0v) is 16.8. The highest BCUT2D eigenvalue weighted by Crippen LogP contribution is 2.30. The van der Waals surface area contributed by atoms with E-state index >= 15 is 0 Å². The standard InChI is InChI=1S/C21H28FN3OS/c1-3-5-20(26)23-16(2)21(19-6-4-15-27-19)25-13-11-24(12-14-25)18-9-7-17(22)8-10-18/h4,6-10,15-16,21H,3,5,11-14H2,1-2H3,(H,23,26)/t16-,21-/m1/s1. The zero-order valence-electron chi connectivity index (χ0n) is 16.0. The smallest absolute Gasteiger partial charge is 0.220 e. The van der Waals surface area contributed by atoms with Crippen molar-refractivity contribution in [3.8, 4) is 0 Å². The van der Waals surface area contributed by atoms with Crippen molar-refractivity contribution in [1.82, 2.24) is 10.2 Å². The van der Waals surface area contributed by atoms with Gasteiger partial charge in [-0.05, 0) is 49.1 Å². The number of piperazine rings is 1. The molecule has 0 spiro atoms. The van der Waals surface area contributed by atoms with E-state index in [1.54, 1.807) is 11.3 Å². The SMILES string of the molecule is CCCC(=O)N[C@H](C)[C@H](c1cccs1)N1CCN(c2ccc(F)cc2)CC1. The van der Waals surface area contributed by atoms with Gasteiger partial charge >= 0.3 is 0 Å². The van der Waals surface area contributed by atoms with Crippen molar-refractivity contribution in [2.45, 2.75) is 38.8 Å². The molecule has 2 heterocycles. The molecule has 6 heteroatoms. The van der Waals surface area contributed by atoms with Crippen LogP contribution in [0, 0.1) is 5.82 Å². The van der Waals surface area contributed by atoms with Crippen LogP contribution in [0.1, 0.15) is 37.6 Å². The van der Waals surface area contributed by atoms with Gasteiger partial charge in [0, 0.05) is 49.2 Å². The predicted molar refractivity (Wildman–Crippen MR) is 110 cm³/mol. The Morgan fingerprint density at radius 3 is 2.48 bits per heavy atom. The van der Waals surface area contributed by atoms with Crippen LogP contribution in [0.2, 0.25) is 0 Å². The summed E-state index contributed by atoms with van der Waals surface area (Å²) in [5.74, 6) is -0.0803. The van der Waals surface area contributed by atoms with Crippen molar-refractivity contribution in [1.29, 1.82) is 0 Å². The summed E-state index contributed by atoms with van der Waals surface area (Å²) in [6.07, 6.45) is 1.43. The molecule has 0 bridgehead atoms. The highest BCUT2D eigenvalue weighted by Gasteiger charge is 2.30. The first-order valence-corrected chi connectivity index (χ1v) is 10.5. The fourth-order valence-corrected chi connectivity index (χ4v) is 4.71. The largest absolute Gasteiger partial charge is 0.369 e. The summed E-state index contributed by atoms with van der Waals surface area (Å²) in [7, 11) is 0. The van der Waals surface area contributed by atoms with Crippen LogP contribution >= 0.6 is 11.3 Å². The van der Waals surface area contributed by atoms with Gasteiger partial charge in [-0.1, -0.05) is 13.0 Å². The molecule has 1 aliphatic rings. The van der Waals surface area contributed by atoms with E-state index in [0.717, 1.165) is 38.3 Å². The molecule has 1 amide bonds. The lowest BCUT2D eigenvalue weighted by Crippen LogP contribution is -2.52. The van der Waals surface area contributed by atoms with Crippen LogP contribution in [-0.4, -0.2) is 43.0 Å². The fourth-order valence-electron chi connectivity index (χ4n) is 3.74. The second-order valence-corrected chi connectivity index (χ2v) is 8.05. The number of nitrogens with one attached hydrogen (secondary N) is 1. The molecule has 1 N–H and O–H groups in total. The molecule has 1 fully saturated rings. The Labute approximate surface area is 165 Å². The Balaban J connectivity index is 1.67. The van der Waals surface area contributed by atoms with E-state index in [2.05, 4.69) is 39.6 Å². The molecule has 3 rings (SSSR count). The number of halogens is 1. The molecule has 0 radical (unpaired) electrons. The second kappa shape index (κ2) is 9.33. The molecule has 0 saturated carbocycles. The summed E-state index contributed by atoms with van der Waals surface area (Å²) in [5, 5.41) is 5.28. The average Bonchev–Trinajstić information content (AvgIpc) is 3.17. The van der Waals surface area contributed by atoms with Crippen LogP contribution in [0.15, 0.2) is 41.8 Å². The molecule has 4 nitrogen and oxygen atoms in total. The van der Waals surface area contributed by atoms with E-state index in [9.17, 15) is 9.18 Å². The highest BCUT2D eigenvalue weighted by atomic mass is 32.1. The Bertz CT molecular complexity index is 712. The predicted octanol–water partition coefficient (Wildman–Crippen LogP) is 4.06. The van der Waals surface area contributed by atoms with Crippen molar-refractivity contribution < 1.29 is 9.18 Å². The first kappa shape index (κ1) is 19.8. The molecular formula is C21H28FN3OS. The number of rotatable bonds is 7. The summed E-state index contributed by atoms with van der Waals surface area (Å²) >= 11 is 1.74. The Kier molecular flexibility index (Phi) is 6.85. The van der Waals surface area contributed by atoms with Gasteiger partial charge in [0.25, 0.3) is 0 Å². The quantitative estimate of drug-likeness (QED) is 0.776. The number of carbonyl (C=O) groups is 1. The van der Waals surface area contributed by atoms with Crippen molar-refractivity contribution in [2.24, 2.45) is 0 Å². The van der Waals surface area contributed by atoms with Gasteiger partial charge in [-0.15, -0.1) is 11.3 Å². The normalized spacial score (nSPS) is 17.5. The van der Waals surface area contributed by atoms with Crippen molar-refractivity contribution >= 4 is 22.9 Å². The van der Waals surface area contributed by atoms with Crippen LogP contribution in [0.3, 0.4) is 0 Å². The molecular weight excluding hydrogens is 361 g/mol. The number of nitrogens with zero attached hydrogens (tertiary/aromatic N) is 2. The van der Waals surface area contributed by atoms with Gasteiger partial charge in [-0.3, -0.25) is 9.69 Å². The lowest BCUT2D eigenvalue weighted by Gasteiger charge is -2.42. The van der Waals surface area contributed by atoms with E-state index in [0.29, 0.717) is 6.42 Å². The van der Waals surface area contributed by atoms with Gasteiger partial charge in [0.2, 0.25) is 5.91 Å². The number of benzene rings is 1. The summed E-state index contributed by atoms with van der Waals surface area (Å²) in [6.45, 7) is 7.73. The highest BCUT2D eigenvalue weighted by molar-refractivity contribution is 7.10. The maximum atomic E-state index is 13.2.